The van der Waals surface area contributed by atoms with E-state index >= 15 is 0 Å². The number of halogens is 1. The molecule has 2 rings (SSSR count). The van der Waals surface area contributed by atoms with Crippen molar-refractivity contribution in [3.8, 4) is 0 Å². The molecule has 92 valence electrons. The molecule has 0 aromatic heterocycles. The summed E-state index contributed by atoms with van der Waals surface area (Å²) in [6.45, 7) is 0.0612. The van der Waals surface area contributed by atoms with Crippen LogP contribution in [0.25, 0.3) is 0 Å². The zero-order valence-corrected chi connectivity index (χ0v) is 9.50. The fraction of sp³-hybridized carbons (Fsp3) is 0.417. The minimum Gasteiger partial charge on any atom is -0.335 e. The maximum Gasteiger partial charge on any atom is 0.319 e. The first-order chi connectivity index (χ1) is 8.20. The minimum atomic E-state index is -0.394. The summed E-state index contributed by atoms with van der Waals surface area (Å²) in [6, 6.07) is 4.48. The van der Waals surface area contributed by atoms with Gasteiger partial charge in [0.2, 0.25) is 0 Å². The van der Waals surface area contributed by atoms with E-state index in [4.69, 9.17) is 5.73 Å². The van der Waals surface area contributed by atoms with E-state index in [9.17, 15) is 9.18 Å². The molecule has 1 saturated carbocycles. The summed E-state index contributed by atoms with van der Waals surface area (Å²) in [7, 11) is 0. The van der Waals surface area contributed by atoms with Crippen LogP contribution in [0.15, 0.2) is 18.2 Å². The van der Waals surface area contributed by atoms with Crippen molar-refractivity contribution >= 4 is 11.7 Å². The van der Waals surface area contributed by atoms with E-state index in [1.807, 2.05) is 0 Å². The lowest BCUT2D eigenvalue weighted by Crippen LogP contribution is -2.42. The van der Waals surface area contributed by atoms with Gasteiger partial charge in [-0.25, -0.2) is 9.18 Å². The lowest BCUT2D eigenvalue weighted by atomic mass is 9.93. The first kappa shape index (κ1) is 11.9. The Morgan fingerprint density at radius 1 is 1.47 bits per heavy atom. The number of nitrogens with two attached hydrogens (primary N) is 1. The number of hydrogen-bond acceptors (Lipinski definition) is 2. The third-order valence-corrected chi connectivity index (χ3v) is 3.01. The molecule has 1 aliphatic rings. The maximum atomic E-state index is 13.4. The molecular weight excluding hydrogens is 221 g/mol. The van der Waals surface area contributed by atoms with Gasteiger partial charge >= 0.3 is 6.03 Å². The van der Waals surface area contributed by atoms with Crippen molar-refractivity contribution in [3.63, 3.8) is 0 Å². The van der Waals surface area contributed by atoms with Crippen molar-refractivity contribution in [2.45, 2.75) is 31.8 Å². The molecule has 4 nitrogen and oxygen atoms in total. The summed E-state index contributed by atoms with van der Waals surface area (Å²) in [5.74, 6) is -0.394. The highest BCUT2D eigenvalue weighted by Gasteiger charge is 2.19. The number of carbonyl (C=O) groups excluding carboxylic acids is 1. The normalized spacial score (nSPS) is 15.2. The van der Waals surface area contributed by atoms with E-state index in [1.165, 1.54) is 6.07 Å². The zero-order chi connectivity index (χ0) is 12.3. The number of hydrogen-bond donors (Lipinski definition) is 3. The SMILES string of the molecule is NCc1c(F)cccc1NC(=O)NC1CCC1. The Hall–Kier alpha value is -1.62. The number of amides is 2. The average molecular weight is 237 g/mol. The van der Waals surface area contributed by atoms with Crippen molar-refractivity contribution in [1.82, 2.24) is 5.32 Å². The maximum absolute atomic E-state index is 13.4. The third-order valence-electron chi connectivity index (χ3n) is 3.01. The summed E-state index contributed by atoms with van der Waals surface area (Å²) in [6.07, 6.45) is 3.18. The lowest BCUT2D eigenvalue weighted by Gasteiger charge is -2.26. The molecule has 1 aromatic rings. The monoisotopic (exact) mass is 237 g/mol. The van der Waals surface area contributed by atoms with E-state index in [-0.39, 0.29) is 18.6 Å². The second kappa shape index (κ2) is 5.14. The van der Waals surface area contributed by atoms with E-state index in [1.54, 1.807) is 12.1 Å². The van der Waals surface area contributed by atoms with Crippen LogP contribution in [-0.2, 0) is 6.54 Å². The van der Waals surface area contributed by atoms with Gasteiger partial charge in [0.05, 0.1) is 0 Å². The van der Waals surface area contributed by atoms with Gasteiger partial charge in [-0.2, -0.15) is 0 Å². The Kier molecular flexibility index (Phi) is 3.58. The van der Waals surface area contributed by atoms with Crippen molar-refractivity contribution in [2.24, 2.45) is 5.73 Å². The predicted octanol–water partition coefficient (Wildman–Crippen LogP) is 1.96. The molecule has 4 N–H and O–H groups in total. The molecule has 0 heterocycles. The number of benzene rings is 1. The van der Waals surface area contributed by atoms with E-state index in [2.05, 4.69) is 10.6 Å². The van der Waals surface area contributed by atoms with Crippen LogP contribution in [0.2, 0.25) is 0 Å². The molecular formula is C12H16FN3O. The molecule has 2 amide bonds. The van der Waals surface area contributed by atoms with Crippen LogP contribution < -0.4 is 16.4 Å². The standard InChI is InChI=1S/C12H16FN3O/c13-10-5-2-6-11(9(10)7-14)16-12(17)15-8-3-1-4-8/h2,5-6,8H,1,3-4,7,14H2,(H2,15,16,17). The summed E-state index contributed by atoms with van der Waals surface area (Å²) < 4.78 is 13.4. The van der Waals surface area contributed by atoms with Gasteiger partial charge in [0.25, 0.3) is 0 Å². The van der Waals surface area contributed by atoms with Crippen LogP contribution in [-0.4, -0.2) is 12.1 Å². The Morgan fingerprint density at radius 3 is 2.82 bits per heavy atom. The number of urea groups is 1. The van der Waals surface area contributed by atoms with Gasteiger partial charge in [0, 0.05) is 23.8 Å². The highest BCUT2D eigenvalue weighted by atomic mass is 19.1. The quantitative estimate of drug-likeness (QED) is 0.752. The van der Waals surface area contributed by atoms with Crippen molar-refractivity contribution in [3.05, 3.63) is 29.6 Å². The Morgan fingerprint density at radius 2 is 2.24 bits per heavy atom. The molecule has 0 saturated heterocycles. The van der Waals surface area contributed by atoms with Crippen molar-refractivity contribution in [2.75, 3.05) is 5.32 Å². The second-order valence-electron chi connectivity index (χ2n) is 4.20. The molecule has 0 radical (unpaired) electrons. The van der Waals surface area contributed by atoms with Crippen LogP contribution in [0.5, 0.6) is 0 Å². The highest BCUT2D eigenvalue weighted by Crippen LogP contribution is 2.20. The van der Waals surface area contributed by atoms with Gasteiger partial charge in [0.15, 0.2) is 0 Å². The van der Waals surface area contributed by atoms with Crippen LogP contribution >= 0.6 is 0 Å². The van der Waals surface area contributed by atoms with Crippen molar-refractivity contribution < 1.29 is 9.18 Å². The Bertz CT molecular complexity index is 418. The van der Waals surface area contributed by atoms with Gasteiger partial charge in [-0.15, -0.1) is 0 Å². The topological polar surface area (TPSA) is 67.1 Å². The average Bonchev–Trinajstić information content (AvgIpc) is 2.24. The summed E-state index contributed by atoms with van der Waals surface area (Å²) >= 11 is 0. The van der Waals surface area contributed by atoms with Crippen LogP contribution in [0.4, 0.5) is 14.9 Å². The Labute approximate surface area is 99.4 Å². The van der Waals surface area contributed by atoms with Crippen molar-refractivity contribution in [1.29, 1.82) is 0 Å². The predicted molar refractivity (Wildman–Crippen MR) is 64.1 cm³/mol. The van der Waals surface area contributed by atoms with E-state index in [0.717, 1.165) is 19.3 Å². The number of carbonyl (C=O) groups is 1. The molecule has 17 heavy (non-hydrogen) atoms. The molecule has 0 bridgehead atoms. The Balaban J connectivity index is 2.01. The number of anilines is 1. The summed E-state index contributed by atoms with van der Waals surface area (Å²) in [5.41, 5.74) is 6.22. The highest BCUT2D eigenvalue weighted by molar-refractivity contribution is 5.90. The smallest absolute Gasteiger partial charge is 0.319 e. The first-order valence-electron chi connectivity index (χ1n) is 5.75. The van der Waals surface area contributed by atoms with Gasteiger partial charge < -0.3 is 16.4 Å². The van der Waals surface area contributed by atoms with Crippen LogP contribution in [0.3, 0.4) is 0 Å². The van der Waals surface area contributed by atoms with E-state index in [0.29, 0.717) is 11.3 Å². The molecule has 1 aliphatic carbocycles. The fourth-order valence-electron chi connectivity index (χ4n) is 1.78. The van der Waals surface area contributed by atoms with Gasteiger partial charge in [-0.3, -0.25) is 0 Å². The van der Waals surface area contributed by atoms with Crippen LogP contribution in [0.1, 0.15) is 24.8 Å². The summed E-state index contributed by atoms with van der Waals surface area (Å²) in [5, 5.41) is 5.45. The molecule has 0 atom stereocenters. The molecule has 5 heteroatoms. The van der Waals surface area contributed by atoms with E-state index < -0.39 is 5.82 Å². The lowest BCUT2D eigenvalue weighted by molar-refractivity contribution is 0.240. The largest absolute Gasteiger partial charge is 0.335 e. The molecule has 0 spiro atoms. The molecule has 0 aliphatic heterocycles. The van der Waals surface area contributed by atoms with Crippen LogP contribution in [0, 0.1) is 5.82 Å². The first-order valence-corrected chi connectivity index (χ1v) is 5.75. The van der Waals surface area contributed by atoms with Gasteiger partial charge in [-0.05, 0) is 31.4 Å². The second-order valence-corrected chi connectivity index (χ2v) is 4.20. The zero-order valence-electron chi connectivity index (χ0n) is 9.50. The molecule has 1 fully saturated rings. The molecule has 1 aromatic carbocycles. The molecule has 0 unspecified atom stereocenters. The van der Waals surface area contributed by atoms with Gasteiger partial charge in [-0.1, -0.05) is 6.07 Å². The summed E-state index contributed by atoms with van der Waals surface area (Å²) in [4.78, 5) is 11.6. The third kappa shape index (κ3) is 2.74. The number of nitrogens with one attached hydrogen (secondary N) is 2. The fourth-order valence-corrected chi connectivity index (χ4v) is 1.78. The number of rotatable bonds is 3. The van der Waals surface area contributed by atoms with Gasteiger partial charge in [0.1, 0.15) is 5.82 Å². The minimum absolute atomic E-state index is 0.0612.